The number of halogens is 2. The Morgan fingerprint density at radius 3 is 2.68 bits per heavy atom. The third-order valence-electron chi connectivity index (χ3n) is 2.18. The SMILES string of the molecule is CCOC(CNC(=O)c1cc(F)cnc1Cl)OCC. The Kier molecular flexibility index (Phi) is 6.69. The monoisotopic (exact) mass is 290 g/mol. The fourth-order valence-corrected chi connectivity index (χ4v) is 1.58. The molecule has 0 fully saturated rings. The summed E-state index contributed by atoms with van der Waals surface area (Å²) in [5, 5.41) is 2.50. The highest BCUT2D eigenvalue weighted by atomic mass is 35.5. The Bertz CT molecular complexity index is 425. The van der Waals surface area contributed by atoms with Crippen LogP contribution in [0.4, 0.5) is 4.39 Å². The molecule has 1 rings (SSSR count). The highest BCUT2D eigenvalue weighted by Crippen LogP contribution is 2.13. The van der Waals surface area contributed by atoms with E-state index in [0.29, 0.717) is 13.2 Å². The minimum Gasteiger partial charge on any atom is -0.351 e. The number of carbonyl (C=O) groups excluding carboxylic acids is 1. The Morgan fingerprint density at radius 2 is 2.11 bits per heavy atom. The number of hydrogen-bond donors (Lipinski definition) is 1. The van der Waals surface area contributed by atoms with Crippen molar-refractivity contribution >= 4 is 17.5 Å². The van der Waals surface area contributed by atoms with Gasteiger partial charge in [0, 0.05) is 13.2 Å². The highest BCUT2D eigenvalue weighted by molar-refractivity contribution is 6.32. The second-order valence-corrected chi connectivity index (χ2v) is 3.90. The Hall–Kier alpha value is -1.24. The molecule has 0 bridgehead atoms. The molecule has 7 heteroatoms. The molecular weight excluding hydrogens is 275 g/mol. The van der Waals surface area contributed by atoms with Gasteiger partial charge in [0.1, 0.15) is 11.0 Å². The quantitative estimate of drug-likeness (QED) is 0.616. The van der Waals surface area contributed by atoms with Gasteiger partial charge in [-0.15, -0.1) is 0 Å². The van der Waals surface area contributed by atoms with Crippen LogP contribution in [0.3, 0.4) is 0 Å². The lowest BCUT2D eigenvalue weighted by Crippen LogP contribution is -2.35. The van der Waals surface area contributed by atoms with E-state index in [4.69, 9.17) is 21.1 Å². The maximum Gasteiger partial charge on any atom is 0.254 e. The van der Waals surface area contributed by atoms with E-state index in [1.54, 1.807) is 0 Å². The van der Waals surface area contributed by atoms with Crippen LogP contribution in [0, 0.1) is 5.82 Å². The largest absolute Gasteiger partial charge is 0.351 e. The Balaban J connectivity index is 2.61. The maximum atomic E-state index is 13.0. The van der Waals surface area contributed by atoms with Gasteiger partial charge >= 0.3 is 0 Å². The number of nitrogens with zero attached hydrogens (tertiary/aromatic N) is 1. The Labute approximate surface area is 116 Å². The molecule has 0 aliphatic rings. The second kappa shape index (κ2) is 8.04. The molecule has 0 spiro atoms. The standard InChI is InChI=1S/C12H16ClFN2O3/c1-3-18-10(19-4-2)7-16-12(17)9-5-8(14)6-15-11(9)13/h5-6,10H,3-4,7H2,1-2H3,(H,16,17). The first-order valence-electron chi connectivity index (χ1n) is 5.90. The van der Waals surface area contributed by atoms with E-state index in [0.717, 1.165) is 12.3 Å². The average molecular weight is 291 g/mol. The molecule has 1 N–H and O–H groups in total. The van der Waals surface area contributed by atoms with E-state index in [1.165, 1.54) is 0 Å². The molecule has 0 aromatic carbocycles. The van der Waals surface area contributed by atoms with Gasteiger partial charge in [-0.25, -0.2) is 9.37 Å². The van der Waals surface area contributed by atoms with Gasteiger partial charge < -0.3 is 14.8 Å². The molecule has 0 unspecified atom stereocenters. The zero-order valence-electron chi connectivity index (χ0n) is 10.8. The molecule has 106 valence electrons. The van der Waals surface area contributed by atoms with Gasteiger partial charge in [0.15, 0.2) is 6.29 Å². The molecule has 0 saturated heterocycles. The van der Waals surface area contributed by atoms with Crippen molar-refractivity contribution < 1.29 is 18.7 Å². The third kappa shape index (κ3) is 5.10. The number of aromatic nitrogens is 1. The number of carbonyl (C=O) groups is 1. The van der Waals surface area contributed by atoms with Crippen LogP contribution in [0.1, 0.15) is 24.2 Å². The van der Waals surface area contributed by atoms with Gasteiger partial charge in [0.05, 0.1) is 18.3 Å². The van der Waals surface area contributed by atoms with Crippen molar-refractivity contribution in [3.8, 4) is 0 Å². The van der Waals surface area contributed by atoms with Gasteiger partial charge in [-0.05, 0) is 19.9 Å². The topological polar surface area (TPSA) is 60.5 Å². The van der Waals surface area contributed by atoms with Crippen LogP contribution in [0.5, 0.6) is 0 Å². The fraction of sp³-hybridized carbons (Fsp3) is 0.500. The summed E-state index contributed by atoms with van der Waals surface area (Å²) in [6.07, 6.45) is 0.404. The summed E-state index contributed by atoms with van der Waals surface area (Å²) in [6.45, 7) is 4.71. The van der Waals surface area contributed by atoms with E-state index in [-0.39, 0.29) is 17.3 Å². The summed E-state index contributed by atoms with van der Waals surface area (Å²) < 4.78 is 23.5. The van der Waals surface area contributed by atoms with Gasteiger partial charge in [-0.1, -0.05) is 11.6 Å². The van der Waals surface area contributed by atoms with Crippen molar-refractivity contribution in [3.63, 3.8) is 0 Å². The van der Waals surface area contributed by atoms with Gasteiger partial charge in [0.2, 0.25) is 0 Å². The van der Waals surface area contributed by atoms with Crippen LogP contribution in [0.25, 0.3) is 0 Å². The molecule has 1 heterocycles. The molecule has 0 atom stereocenters. The smallest absolute Gasteiger partial charge is 0.254 e. The second-order valence-electron chi connectivity index (χ2n) is 3.54. The number of pyridine rings is 1. The van der Waals surface area contributed by atoms with Gasteiger partial charge in [-0.3, -0.25) is 4.79 Å². The average Bonchev–Trinajstić information content (AvgIpc) is 2.39. The fourth-order valence-electron chi connectivity index (χ4n) is 1.39. The molecule has 0 saturated carbocycles. The lowest BCUT2D eigenvalue weighted by Gasteiger charge is -2.17. The Morgan fingerprint density at radius 1 is 1.47 bits per heavy atom. The van der Waals surface area contributed by atoms with Crippen LogP contribution in [0.2, 0.25) is 5.15 Å². The van der Waals surface area contributed by atoms with E-state index in [2.05, 4.69) is 10.3 Å². The molecule has 0 radical (unpaired) electrons. The van der Waals surface area contributed by atoms with Crippen LogP contribution in [0.15, 0.2) is 12.3 Å². The molecule has 0 aliphatic heterocycles. The third-order valence-corrected chi connectivity index (χ3v) is 2.49. The van der Waals surface area contributed by atoms with Crippen molar-refractivity contribution in [2.24, 2.45) is 0 Å². The number of rotatable bonds is 7. The van der Waals surface area contributed by atoms with Crippen LogP contribution in [-0.2, 0) is 9.47 Å². The van der Waals surface area contributed by atoms with E-state index in [9.17, 15) is 9.18 Å². The number of amides is 1. The van der Waals surface area contributed by atoms with Crippen LogP contribution >= 0.6 is 11.6 Å². The first-order valence-corrected chi connectivity index (χ1v) is 6.28. The zero-order valence-corrected chi connectivity index (χ0v) is 11.5. The van der Waals surface area contributed by atoms with Crippen LogP contribution in [-0.4, -0.2) is 36.9 Å². The summed E-state index contributed by atoms with van der Waals surface area (Å²) in [4.78, 5) is 15.4. The minimum atomic E-state index is -0.624. The van der Waals surface area contributed by atoms with Crippen molar-refractivity contribution in [2.45, 2.75) is 20.1 Å². The maximum absolute atomic E-state index is 13.0. The summed E-state index contributed by atoms with van der Waals surface area (Å²) in [5.41, 5.74) is -0.0200. The number of nitrogens with one attached hydrogen (secondary N) is 1. The lowest BCUT2D eigenvalue weighted by molar-refractivity contribution is -0.131. The summed E-state index contributed by atoms with van der Waals surface area (Å²) in [6, 6.07) is 1.03. The van der Waals surface area contributed by atoms with Crippen LogP contribution < -0.4 is 5.32 Å². The molecular formula is C12H16ClFN2O3. The summed E-state index contributed by atoms with van der Waals surface area (Å²) >= 11 is 5.73. The highest BCUT2D eigenvalue weighted by Gasteiger charge is 2.15. The lowest BCUT2D eigenvalue weighted by atomic mass is 10.2. The normalized spacial score (nSPS) is 10.8. The van der Waals surface area contributed by atoms with Crippen molar-refractivity contribution in [3.05, 3.63) is 28.8 Å². The number of ether oxygens (including phenoxy) is 2. The van der Waals surface area contributed by atoms with Crippen molar-refractivity contribution in [1.29, 1.82) is 0 Å². The van der Waals surface area contributed by atoms with Gasteiger partial charge in [-0.2, -0.15) is 0 Å². The molecule has 5 nitrogen and oxygen atoms in total. The molecule has 0 aliphatic carbocycles. The minimum absolute atomic E-state index is 0.0200. The molecule has 1 amide bonds. The number of hydrogen-bond acceptors (Lipinski definition) is 4. The van der Waals surface area contributed by atoms with E-state index in [1.807, 2.05) is 13.8 Å². The summed E-state index contributed by atoms with van der Waals surface area (Å²) in [7, 11) is 0. The zero-order chi connectivity index (χ0) is 14.3. The molecule has 1 aromatic rings. The van der Waals surface area contributed by atoms with E-state index < -0.39 is 18.0 Å². The van der Waals surface area contributed by atoms with Crippen molar-refractivity contribution in [2.75, 3.05) is 19.8 Å². The first kappa shape index (κ1) is 15.8. The van der Waals surface area contributed by atoms with Crippen molar-refractivity contribution in [1.82, 2.24) is 10.3 Å². The van der Waals surface area contributed by atoms with E-state index >= 15 is 0 Å². The molecule has 19 heavy (non-hydrogen) atoms. The predicted molar refractivity (Wildman–Crippen MR) is 68.6 cm³/mol. The molecule has 1 aromatic heterocycles. The first-order chi connectivity index (χ1) is 9.08. The predicted octanol–water partition coefficient (Wildman–Crippen LogP) is 2.00. The van der Waals surface area contributed by atoms with Gasteiger partial charge in [0.25, 0.3) is 5.91 Å². The summed E-state index contributed by atoms with van der Waals surface area (Å²) in [5.74, 6) is -1.15.